The van der Waals surface area contributed by atoms with Crippen molar-refractivity contribution in [1.29, 1.82) is 0 Å². The molecule has 0 aliphatic carbocycles. The molecule has 0 fully saturated rings. The molecule has 2 amide bonds. The second-order valence-electron chi connectivity index (χ2n) is 4.16. The number of halogens is 3. The fourth-order valence-corrected chi connectivity index (χ4v) is 1.52. The van der Waals surface area contributed by atoms with E-state index in [9.17, 15) is 27.6 Å². The molecule has 0 aliphatic rings. The molecule has 0 spiro atoms. The Balaban J connectivity index is 5.22. The number of hydrogen-bond donors (Lipinski definition) is 2. The van der Waals surface area contributed by atoms with Crippen LogP contribution in [0.3, 0.4) is 0 Å². The van der Waals surface area contributed by atoms with Gasteiger partial charge in [-0.3, -0.25) is 14.4 Å². The zero-order valence-electron chi connectivity index (χ0n) is 10.6. The Kier molecular flexibility index (Phi) is 5.79. The summed E-state index contributed by atoms with van der Waals surface area (Å²) in [6.45, 7) is 2.53. The lowest BCUT2D eigenvalue weighted by Gasteiger charge is -2.33. The molecule has 19 heavy (non-hydrogen) atoms. The SMILES string of the molecule is CC(=O)N(C(C(=O)NCC(=O)O)C(C)C)C(F)(F)F. The lowest BCUT2D eigenvalue weighted by molar-refractivity contribution is -0.252. The number of nitrogens with one attached hydrogen (secondary N) is 1. The molecule has 0 heterocycles. The van der Waals surface area contributed by atoms with Gasteiger partial charge in [0.1, 0.15) is 12.6 Å². The first-order valence-corrected chi connectivity index (χ1v) is 5.34. The van der Waals surface area contributed by atoms with Crippen LogP contribution in [0.1, 0.15) is 20.8 Å². The molecule has 0 saturated carbocycles. The van der Waals surface area contributed by atoms with Gasteiger partial charge in [-0.1, -0.05) is 13.8 Å². The molecular weight excluding hydrogens is 269 g/mol. The Morgan fingerprint density at radius 3 is 2.00 bits per heavy atom. The summed E-state index contributed by atoms with van der Waals surface area (Å²) >= 11 is 0. The van der Waals surface area contributed by atoms with Gasteiger partial charge in [-0.2, -0.15) is 0 Å². The number of carbonyl (C=O) groups is 3. The maximum atomic E-state index is 12.7. The highest BCUT2D eigenvalue weighted by Gasteiger charge is 2.47. The quantitative estimate of drug-likeness (QED) is 0.723. The first kappa shape index (κ1) is 17.2. The minimum Gasteiger partial charge on any atom is -0.480 e. The van der Waals surface area contributed by atoms with Gasteiger partial charge < -0.3 is 10.4 Å². The van der Waals surface area contributed by atoms with E-state index in [1.54, 1.807) is 0 Å². The number of nitrogens with zero attached hydrogens (tertiary/aromatic N) is 1. The smallest absolute Gasteiger partial charge is 0.480 e. The Hall–Kier alpha value is -1.80. The van der Waals surface area contributed by atoms with Crippen LogP contribution in [0.4, 0.5) is 13.2 Å². The van der Waals surface area contributed by atoms with Crippen LogP contribution in [0.15, 0.2) is 0 Å². The molecule has 1 atom stereocenters. The zero-order valence-corrected chi connectivity index (χ0v) is 10.6. The second-order valence-corrected chi connectivity index (χ2v) is 4.16. The molecule has 6 nitrogen and oxygen atoms in total. The van der Waals surface area contributed by atoms with E-state index in [2.05, 4.69) is 0 Å². The van der Waals surface area contributed by atoms with Gasteiger partial charge in [-0.05, 0) is 5.92 Å². The highest BCUT2D eigenvalue weighted by Crippen LogP contribution is 2.27. The largest absolute Gasteiger partial charge is 0.487 e. The van der Waals surface area contributed by atoms with Gasteiger partial charge in [0, 0.05) is 6.92 Å². The zero-order chi connectivity index (χ0) is 15.4. The molecule has 0 aliphatic heterocycles. The number of carboxylic acid groups (broad SMARTS) is 1. The van der Waals surface area contributed by atoms with Crippen LogP contribution in [0.5, 0.6) is 0 Å². The third-order valence-corrected chi connectivity index (χ3v) is 2.20. The van der Waals surface area contributed by atoms with Crippen LogP contribution < -0.4 is 5.32 Å². The molecule has 0 aromatic carbocycles. The van der Waals surface area contributed by atoms with Crippen LogP contribution in [0, 0.1) is 5.92 Å². The molecule has 110 valence electrons. The maximum absolute atomic E-state index is 12.7. The minimum absolute atomic E-state index is 0.505. The lowest BCUT2D eigenvalue weighted by atomic mass is 10.0. The molecule has 1 unspecified atom stereocenters. The van der Waals surface area contributed by atoms with Gasteiger partial charge in [-0.25, -0.2) is 4.90 Å². The predicted molar refractivity (Wildman–Crippen MR) is 57.8 cm³/mol. The van der Waals surface area contributed by atoms with Crippen LogP contribution in [-0.2, 0) is 14.4 Å². The third-order valence-electron chi connectivity index (χ3n) is 2.20. The van der Waals surface area contributed by atoms with Gasteiger partial charge in [0.2, 0.25) is 11.8 Å². The molecule has 0 saturated heterocycles. The highest BCUT2D eigenvalue weighted by atomic mass is 19.4. The van der Waals surface area contributed by atoms with Crippen molar-refractivity contribution < 1.29 is 32.7 Å². The lowest BCUT2D eigenvalue weighted by Crippen LogP contribution is -2.57. The molecule has 0 rings (SSSR count). The normalized spacial score (nSPS) is 13.0. The van der Waals surface area contributed by atoms with Gasteiger partial charge >= 0.3 is 12.3 Å². The van der Waals surface area contributed by atoms with Crippen molar-refractivity contribution >= 4 is 17.8 Å². The summed E-state index contributed by atoms with van der Waals surface area (Å²) in [5.41, 5.74) is 0. The summed E-state index contributed by atoms with van der Waals surface area (Å²) < 4.78 is 38.2. The maximum Gasteiger partial charge on any atom is 0.487 e. The monoisotopic (exact) mass is 284 g/mol. The van der Waals surface area contributed by atoms with E-state index < -0.39 is 47.5 Å². The Morgan fingerprint density at radius 2 is 1.74 bits per heavy atom. The molecule has 9 heteroatoms. The highest BCUT2D eigenvalue weighted by molar-refractivity contribution is 5.89. The Morgan fingerprint density at radius 1 is 1.26 bits per heavy atom. The number of rotatable bonds is 5. The van der Waals surface area contributed by atoms with E-state index >= 15 is 0 Å². The molecular formula is C10H15F3N2O4. The number of amides is 2. The van der Waals surface area contributed by atoms with Crippen molar-refractivity contribution in [2.24, 2.45) is 5.92 Å². The fraction of sp³-hybridized carbons (Fsp3) is 0.700. The average Bonchev–Trinajstić information content (AvgIpc) is 2.19. The van der Waals surface area contributed by atoms with Crippen molar-refractivity contribution in [3.05, 3.63) is 0 Å². The number of aliphatic carboxylic acids is 1. The summed E-state index contributed by atoms with van der Waals surface area (Å²) in [6.07, 6.45) is -5.01. The third kappa shape index (κ3) is 5.14. The topological polar surface area (TPSA) is 86.7 Å². The van der Waals surface area contributed by atoms with Crippen LogP contribution in [0.2, 0.25) is 0 Å². The van der Waals surface area contributed by atoms with Gasteiger partial charge in [0.25, 0.3) is 0 Å². The second kappa shape index (κ2) is 6.39. The van der Waals surface area contributed by atoms with Crippen LogP contribution >= 0.6 is 0 Å². The van der Waals surface area contributed by atoms with Crippen molar-refractivity contribution in [3.63, 3.8) is 0 Å². The Bertz CT molecular complexity index is 368. The number of carbonyl (C=O) groups excluding carboxylic acids is 2. The molecule has 0 radical (unpaired) electrons. The number of hydrogen-bond acceptors (Lipinski definition) is 3. The predicted octanol–water partition coefficient (Wildman–Crippen LogP) is 0.580. The average molecular weight is 284 g/mol. The van der Waals surface area contributed by atoms with Gasteiger partial charge in [-0.15, -0.1) is 13.2 Å². The summed E-state index contributed by atoms with van der Waals surface area (Å²) in [5.74, 6) is -4.72. The molecule has 0 bridgehead atoms. The van der Waals surface area contributed by atoms with E-state index in [4.69, 9.17) is 5.11 Å². The van der Waals surface area contributed by atoms with Crippen LogP contribution in [0.25, 0.3) is 0 Å². The first-order valence-electron chi connectivity index (χ1n) is 5.34. The van der Waals surface area contributed by atoms with E-state index in [0.29, 0.717) is 6.92 Å². The van der Waals surface area contributed by atoms with Gasteiger partial charge in [0.05, 0.1) is 0 Å². The van der Waals surface area contributed by atoms with E-state index in [1.165, 1.54) is 13.8 Å². The van der Waals surface area contributed by atoms with E-state index in [1.807, 2.05) is 5.32 Å². The number of carboxylic acids is 1. The molecule has 0 aromatic heterocycles. The van der Waals surface area contributed by atoms with E-state index in [-0.39, 0.29) is 0 Å². The summed E-state index contributed by atoms with van der Waals surface area (Å²) in [5, 5.41) is 10.2. The van der Waals surface area contributed by atoms with Gasteiger partial charge in [0.15, 0.2) is 0 Å². The summed E-state index contributed by atoms with van der Waals surface area (Å²) in [4.78, 5) is 32.5. The summed E-state index contributed by atoms with van der Waals surface area (Å²) in [6, 6.07) is -1.81. The van der Waals surface area contributed by atoms with Crippen molar-refractivity contribution in [2.45, 2.75) is 33.1 Å². The number of alkyl halides is 3. The molecule has 0 aromatic rings. The minimum atomic E-state index is -5.01. The van der Waals surface area contributed by atoms with E-state index in [0.717, 1.165) is 0 Å². The van der Waals surface area contributed by atoms with Crippen molar-refractivity contribution in [2.75, 3.05) is 6.54 Å². The van der Waals surface area contributed by atoms with Crippen molar-refractivity contribution in [1.82, 2.24) is 10.2 Å². The standard InChI is InChI=1S/C10H15F3N2O4/c1-5(2)8(9(19)14-4-7(17)18)15(6(3)16)10(11,12)13/h5,8H,4H2,1-3H3,(H,14,19)(H,17,18). The van der Waals surface area contributed by atoms with Crippen molar-refractivity contribution in [3.8, 4) is 0 Å². The first-order chi connectivity index (χ1) is 8.48. The Labute approximate surface area is 107 Å². The fourth-order valence-electron chi connectivity index (χ4n) is 1.52. The summed E-state index contributed by atoms with van der Waals surface area (Å²) in [7, 11) is 0. The van der Waals surface area contributed by atoms with Crippen LogP contribution in [-0.4, -0.2) is 46.7 Å². The molecule has 2 N–H and O–H groups in total.